The van der Waals surface area contributed by atoms with Crippen LogP contribution in [0, 0.1) is 5.82 Å². The summed E-state index contributed by atoms with van der Waals surface area (Å²) in [5.41, 5.74) is -0.946. The number of pyridine rings is 1. The van der Waals surface area contributed by atoms with Gasteiger partial charge < -0.3 is 34.5 Å². The number of halogens is 1. The smallest absolute Gasteiger partial charge is 0.387 e. The maximum atomic E-state index is 14.2. The number of aliphatic hydroxyl groups excluding tert-OH is 2. The highest BCUT2D eigenvalue weighted by Crippen LogP contribution is 2.66. The maximum absolute atomic E-state index is 14.2. The van der Waals surface area contributed by atoms with Gasteiger partial charge in [0.1, 0.15) is 24.1 Å². The first-order valence-electron chi connectivity index (χ1n) is 11.8. The number of hydrogen-bond donors (Lipinski definition) is 6. The van der Waals surface area contributed by atoms with Crippen LogP contribution in [0.4, 0.5) is 4.39 Å². The number of aromatic nitrogens is 3. The van der Waals surface area contributed by atoms with Crippen molar-refractivity contribution in [2.24, 2.45) is 0 Å². The third kappa shape index (κ3) is 8.26. The van der Waals surface area contributed by atoms with Crippen molar-refractivity contribution in [1.29, 1.82) is 0 Å². The van der Waals surface area contributed by atoms with Crippen molar-refractivity contribution in [1.82, 2.24) is 14.1 Å². The first kappa shape index (κ1) is 33.2. The van der Waals surface area contributed by atoms with E-state index in [4.69, 9.17) is 14.5 Å². The highest BCUT2D eigenvalue weighted by Gasteiger charge is 2.47. The quantitative estimate of drug-likeness (QED) is 0.149. The van der Waals surface area contributed by atoms with Gasteiger partial charge >= 0.3 is 29.2 Å². The van der Waals surface area contributed by atoms with Gasteiger partial charge in [-0.3, -0.25) is 23.4 Å². The van der Waals surface area contributed by atoms with E-state index in [2.05, 4.69) is 18.1 Å². The Morgan fingerprint density at radius 3 is 2.33 bits per heavy atom. The van der Waals surface area contributed by atoms with Gasteiger partial charge in [-0.2, -0.15) is 8.62 Å². The topological polar surface area (TPSA) is 266 Å². The van der Waals surface area contributed by atoms with Crippen LogP contribution in [0.2, 0.25) is 0 Å². The monoisotopic (exact) mass is 669 g/mol. The SMILES string of the molecule is O=c1ccn([C@@H]2O[C@H](COP(=O)(O)OP(=O)(O)OP(=O)(O)O)C(O)C2O)c(=O)n1Cc1cc(-c2ccccc2F)ccn1. The molecule has 1 aliphatic rings. The van der Waals surface area contributed by atoms with Gasteiger partial charge in [-0.1, -0.05) is 18.2 Å². The van der Waals surface area contributed by atoms with Gasteiger partial charge in [0.15, 0.2) is 6.23 Å². The van der Waals surface area contributed by atoms with Gasteiger partial charge in [0.05, 0.1) is 18.8 Å². The number of hydrogen-bond acceptors (Lipinski definition) is 12. The number of ether oxygens (including phenoxy) is 1. The Labute approximate surface area is 239 Å². The fraction of sp³-hybridized carbons (Fsp3) is 0.286. The Morgan fingerprint density at radius 1 is 0.953 bits per heavy atom. The molecule has 4 unspecified atom stereocenters. The lowest BCUT2D eigenvalue weighted by Crippen LogP contribution is -2.43. The van der Waals surface area contributed by atoms with Crippen LogP contribution in [0.1, 0.15) is 11.9 Å². The average Bonchev–Trinajstić information content (AvgIpc) is 3.17. The summed E-state index contributed by atoms with van der Waals surface area (Å²) in [4.78, 5) is 65.9. The van der Waals surface area contributed by atoms with Crippen LogP contribution < -0.4 is 11.2 Å². The Balaban J connectivity index is 1.51. The van der Waals surface area contributed by atoms with Gasteiger partial charge in [0.2, 0.25) is 0 Å². The molecule has 18 nitrogen and oxygen atoms in total. The van der Waals surface area contributed by atoms with Crippen molar-refractivity contribution in [3.05, 3.63) is 87.2 Å². The van der Waals surface area contributed by atoms with Crippen LogP contribution in [0.25, 0.3) is 11.1 Å². The second-order valence-electron chi connectivity index (χ2n) is 8.88. The van der Waals surface area contributed by atoms with E-state index in [1.54, 1.807) is 6.07 Å². The van der Waals surface area contributed by atoms with E-state index >= 15 is 0 Å². The molecule has 0 aliphatic carbocycles. The van der Waals surface area contributed by atoms with Crippen LogP contribution in [-0.4, -0.2) is 68.8 Å². The molecule has 4 rings (SSSR count). The summed E-state index contributed by atoms with van der Waals surface area (Å²) >= 11 is 0. The molecule has 0 amide bonds. The standard InChI is InChI=1S/C21H23FN3O15P3/c22-15-4-2-1-3-14(15)12-5-7-23-13(9-12)10-25-17(26)6-8-24(21(25)29)20-19(28)18(27)16(38-20)11-37-42(33,34)40-43(35,36)39-41(30,31)32/h1-9,16,18-20,27-28H,10-11H2,(H,33,34)(H,35,36)(H2,30,31,32)/t16-,18?,19?,20-/m1/s1. The molecular formula is C21H23FN3O15P3. The maximum Gasteiger partial charge on any atom is 0.490 e. The summed E-state index contributed by atoms with van der Waals surface area (Å²) in [7, 11) is -17.0. The summed E-state index contributed by atoms with van der Waals surface area (Å²) in [5.74, 6) is -0.507. The summed E-state index contributed by atoms with van der Waals surface area (Å²) in [6, 6.07) is 9.86. The Hall–Kier alpha value is -2.73. The van der Waals surface area contributed by atoms with Crippen LogP contribution in [0.5, 0.6) is 0 Å². The number of phosphoric ester groups is 1. The lowest BCUT2D eigenvalue weighted by molar-refractivity contribution is -0.0547. The van der Waals surface area contributed by atoms with Gasteiger partial charge in [0, 0.05) is 24.0 Å². The fourth-order valence-corrected chi connectivity index (χ4v) is 7.06. The molecule has 1 fully saturated rings. The predicted molar refractivity (Wildman–Crippen MR) is 139 cm³/mol. The Morgan fingerprint density at radius 2 is 1.65 bits per heavy atom. The molecule has 6 N–H and O–H groups in total. The molecule has 0 bridgehead atoms. The zero-order valence-corrected chi connectivity index (χ0v) is 24.0. The van der Waals surface area contributed by atoms with Crippen molar-refractivity contribution in [2.45, 2.75) is 31.1 Å². The zero-order valence-electron chi connectivity index (χ0n) is 21.3. The number of aliphatic hydroxyl groups is 2. The van der Waals surface area contributed by atoms with Crippen LogP contribution in [0.15, 0.2) is 64.4 Å². The molecule has 234 valence electrons. The van der Waals surface area contributed by atoms with E-state index in [-0.39, 0.29) is 17.8 Å². The largest absolute Gasteiger partial charge is 0.490 e. The lowest BCUT2D eigenvalue weighted by Gasteiger charge is -2.19. The van der Waals surface area contributed by atoms with E-state index < -0.39 is 71.7 Å². The number of benzene rings is 1. The van der Waals surface area contributed by atoms with Crippen LogP contribution in [-0.2, 0) is 38.1 Å². The molecule has 6 atom stereocenters. The molecule has 0 radical (unpaired) electrons. The number of nitrogens with zero attached hydrogens (tertiary/aromatic N) is 3. The third-order valence-electron chi connectivity index (χ3n) is 5.85. The van der Waals surface area contributed by atoms with Gasteiger partial charge in [-0.05, 0) is 23.8 Å². The van der Waals surface area contributed by atoms with E-state index in [0.717, 1.165) is 21.4 Å². The number of rotatable bonds is 11. The van der Waals surface area contributed by atoms with Crippen molar-refractivity contribution >= 4 is 23.5 Å². The highest BCUT2D eigenvalue weighted by atomic mass is 31.3. The van der Waals surface area contributed by atoms with Gasteiger partial charge in [0.25, 0.3) is 5.56 Å². The first-order valence-corrected chi connectivity index (χ1v) is 16.3. The zero-order chi connectivity index (χ0) is 31.7. The van der Waals surface area contributed by atoms with Crippen molar-refractivity contribution < 1.29 is 65.8 Å². The van der Waals surface area contributed by atoms with E-state index in [9.17, 15) is 47.7 Å². The Kier molecular flexibility index (Phi) is 9.80. The van der Waals surface area contributed by atoms with Gasteiger partial charge in [-0.25, -0.2) is 22.9 Å². The minimum atomic E-state index is -5.81. The normalized spacial score (nSPS) is 23.5. The van der Waals surface area contributed by atoms with Crippen molar-refractivity contribution in [3.8, 4) is 11.1 Å². The molecule has 1 saturated heterocycles. The summed E-state index contributed by atoms with van der Waals surface area (Å²) < 4.78 is 66.9. The molecule has 1 aromatic carbocycles. The third-order valence-corrected chi connectivity index (χ3v) is 9.65. The van der Waals surface area contributed by atoms with Gasteiger partial charge in [-0.15, -0.1) is 0 Å². The minimum Gasteiger partial charge on any atom is -0.387 e. The van der Waals surface area contributed by atoms with E-state index in [1.165, 1.54) is 36.5 Å². The fourth-order valence-electron chi connectivity index (χ4n) is 4.03. The first-order chi connectivity index (χ1) is 20.0. The predicted octanol–water partition coefficient (Wildman–Crippen LogP) is 0.222. The Bertz CT molecular complexity index is 1760. The second kappa shape index (κ2) is 12.7. The number of phosphoric acid groups is 3. The molecule has 2 aromatic heterocycles. The summed E-state index contributed by atoms with van der Waals surface area (Å²) in [6.45, 7) is -1.50. The molecule has 3 heterocycles. The molecular weight excluding hydrogens is 646 g/mol. The van der Waals surface area contributed by atoms with E-state index in [1.807, 2.05) is 0 Å². The molecule has 3 aromatic rings. The highest BCUT2D eigenvalue weighted by molar-refractivity contribution is 7.66. The second-order valence-corrected chi connectivity index (χ2v) is 13.3. The summed E-state index contributed by atoms with van der Waals surface area (Å²) in [6.07, 6.45) is -4.80. The van der Waals surface area contributed by atoms with Crippen LogP contribution >= 0.6 is 23.5 Å². The van der Waals surface area contributed by atoms with Crippen LogP contribution in [0.3, 0.4) is 0 Å². The molecule has 22 heteroatoms. The molecule has 0 saturated carbocycles. The minimum absolute atomic E-state index is 0.194. The van der Waals surface area contributed by atoms with Crippen molar-refractivity contribution in [3.63, 3.8) is 0 Å². The van der Waals surface area contributed by atoms with Crippen molar-refractivity contribution in [2.75, 3.05) is 6.61 Å². The molecule has 1 aliphatic heterocycles. The lowest BCUT2D eigenvalue weighted by atomic mass is 10.1. The molecule has 43 heavy (non-hydrogen) atoms. The summed E-state index contributed by atoms with van der Waals surface area (Å²) in [5, 5.41) is 20.9. The molecule has 0 spiro atoms. The van der Waals surface area contributed by atoms with E-state index in [0.29, 0.717) is 5.56 Å². The average molecular weight is 669 g/mol.